The summed E-state index contributed by atoms with van der Waals surface area (Å²) >= 11 is 0. The van der Waals surface area contributed by atoms with Crippen molar-refractivity contribution < 1.29 is 18.1 Å². The quantitative estimate of drug-likeness (QED) is 0.686. The van der Waals surface area contributed by atoms with Crippen molar-refractivity contribution in [1.29, 1.82) is 0 Å². The first kappa shape index (κ1) is 14.6. The van der Waals surface area contributed by atoms with E-state index in [0.717, 1.165) is 25.1 Å². The standard InChI is InChI=1S/C12H14F3N3O2/c1-17-5-4-8(7-17)16-11-3-2-9(18(19)20)6-10(11)12(13,14)15/h2-3,6,8,16H,4-5,7H2,1H3. The Morgan fingerprint density at radius 1 is 1.45 bits per heavy atom. The van der Waals surface area contributed by atoms with Crippen LogP contribution in [0.3, 0.4) is 0 Å². The number of anilines is 1. The largest absolute Gasteiger partial charge is 0.418 e. The summed E-state index contributed by atoms with van der Waals surface area (Å²) < 4.78 is 38.9. The second kappa shape index (κ2) is 5.28. The summed E-state index contributed by atoms with van der Waals surface area (Å²) in [7, 11) is 1.89. The van der Waals surface area contributed by atoms with Crippen molar-refractivity contribution >= 4 is 11.4 Å². The van der Waals surface area contributed by atoms with E-state index in [9.17, 15) is 23.3 Å². The van der Waals surface area contributed by atoms with Gasteiger partial charge in [0.25, 0.3) is 5.69 Å². The van der Waals surface area contributed by atoms with Crippen LogP contribution in [0, 0.1) is 10.1 Å². The lowest BCUT2D eigenvalue weighted by atomic mass is 10.1. The smallest absolute Gasteiger partial charge is 0.380 e. The molecular formula is C12H14F3N3O2. The number of likely N-dealkylation sites (N-methyl/N-ethyl adjacent to an activating group) is 1. The summed E-state index contributed by atoms with van der Waals surface area (Å²) in [4.78, 5) is 11.8. The number of hydrogen-bond acceptors (Lipinski definition) is 4. The molecule has 1 aliphatic heterocycles. The Morgan fingerprint density at radius 2 is 2.15 bits per heavy atom. The molecule has 2 rings (SSSR count). The zero-order valence-electron chi connectivity index (χ0n) is 10.8. The molecule has 8 heteroatoms. The fourth-order valence-electron chi connectivity index (χ4n) is 2.28. The van der Waals surface area contributed by atoms with Gasteiger partial charge in [-0.2, -0.15) is 13.2 Å². The highest BCUT2D eigenvalue weighted by Crippen LogP contribution is 2.37. The van der Waals surface area contributed by atoms with Crippen molar-refractivity contribution in [3.8, 4) is 0 Å². The molecule has 1 fully saturated rings. The Kier molecular flexibility index (Phi) is 3.85. The molecular weight excluding hydrogens is 275 g/mol. The number of nitrogens with one attached hydrogen (secondary N) is 1. The van der Waals surface area contributed by atoms with Crippen molar-refractivity contribution in [1.82, 2.24) is 4.90 Å². The lowest BCUT2D eigenvalue weighted by Crippen LogP contribution is -2.25. The van der Waals surface area contributed by atoms with Crippen LogP contribution in [0.5, 0.6) is 0 Å². The number of benzene rings is 1. The number of likely N-dealkylation sites (tertiary alicyclic amines) is 1. The first-order valence-electron chi connectivity index (χ1n) is 6.08. The van der Waals surface area contributed by atoms with Crippen LogP contribution < -0.4 is 5.32 Å². The predicted octanol–water partition coefficient (Wildman–Crippen LogP) is 2.73. The maximum absolute atomic E-state index is 13.0. The van der Waals surface area contributed by atoms with Gasteiger partial charge in [0, 0.05) is 30.4 Å². The van der Waals surface area contributed by atoms with Crippen LogP contribution in [0.15, 0.2) is 18.2 Å². The Morgan fingerprint density at radius 3 is 2.65 bits per heavy atom. The normalized spacial score (nSPS) is 20.1. The van der Waals surface area contributed by atoms with Crippen LogP contribution in [-0.4, -0.2) is 36.0 Å². The fraction of sp³-hybridized carbons (Fsp3) is 0.500. The van der Waals surface area contributed by atoms with Gasteiger partial charge in [0.1, 0.15) is 0 Å². The number of nitro groups is 1. The van der Waals surface area contributed by atoms with Crippen LogP contribution in [0.4, 0.5) is 24.5 Å². The molecule has 0 spiro atoms. The van der Waals surface area contributed by atoms with Crippen LogP contribution in [-0.2, 0) is 6.18 Å². The molecule has 1 aromatic rings. The monoisotopic (exact) mass is 289 g/mol. The Bertz CT molecular complexity index is 519. The van der Waals surface area contributed by atoms with E-state index < -0.39 is 22.4 Å². The lowest BCUT2D eigenvalue weighted by Gasteiger charge is -2.18. The summed E-state index contributed by atoms with van der Waals surface area (Å²) in [5, 5.41) is 13.4. The molecule has 0 bridgehead atoms. The molecule has 1 aliphatic rings. The van der Waals surface area contributed by atoms with Crippen molar-refractivity contribution in [2.75, 3.05) is 25.5 Å². The van der Waals surface area contributed by atoms with Gasteiger partial charge in [-0.3, -0.25) is 10.1 Å². The van der Waals surface area contributed by atoms with Crippen LogP contribution >= 0.6 is 0 Å². The summed E-state index contributed by atoms with van der Waals surface area (Å²) in [6, 6.07) is 2.69. The van der Waals surface area contributed by atoms with Gasteiger partial charge in [0.05, 0.1) is 10.5 Å². The molecule has 0 radical (unpaired) electrons. The third kappa shape index (κ3) is 3.19. The summed E-state index contributed by atoms with van der Waals surface area (Å²) in [5.41, 5.74) is -1.67. The molecule has 0 aromatic heterocycles. The first-order valence-corrected chi connectivity index (χ1v) is 6.08. The van der Waals surface area contributed by atoms with E-state index in [2.05, 4.69) is 5.32 Å². The molecule has 5 nitrogen and oxygen atoms in total. The van der Waals surface area contributed by atoms with Crippen molar-refractivity contribution in [3.63, 3.8) is 0 Å². The number of nitro benzene ring substituents is 1. The third-order valence-electron chi connectivity index (χ3n) is 3.27. The Labute approximate surface area is 113 Å². The van der Waals surface area contributed by atoms with E-state index in [1.807, 2.05) is 11.9 Å². The topological polar surface area (TPSA) is 58.4 Å². The van der Waals surface area contributed by atoms with E-state index in [4.69, 9.17) is 0 Å². The predicted molar refractivity (Wildman–Crippen MR) is 67.6 cm³/mol. The number of non-ortho nitro benzene ring substituents is 1. The average Bonchev–Trinajstić information content (AvgIpc) is 2.73. The van der Waals surface area contributed by atoms with Gasteiger partial charge >= 0.3 is 6.18 Å². The van der Waals surface area contributed by atoms with Gasteiger partial charge in [-0.05, 0) is 26.1 Å². The minimum atomic E-state index is -4.63. The van der Waals surface area contributed by atoms with E-state index >= 15 is 0 Å². The summed E-state index contributed by atoms with van der Waals surface area (Å²) in [6.07, 6.45) is -3.89. The van der Waals surface area contributed by atoms with Gasteiger partial charge in [0.2, 0.25) is 0 Å². The van der Waals surface area contributed by atoms with Crippen LogP contribution in [0.1, 0.15) is 12.0 Å². The SMILES string of the molecule is CN1CCC(Nc2ccc([N+](=O)[O-])cc2C(F)(F)F)C1. The van der Waals surface area contributed by atoms with Gasteiger partial charge in [0.15, 0.2) is 0 Å². The Hall–Kier alpha value is -1.83. The highest BCUT2D eigenvalue weighted by Gasteiger charge is 2.36. The number of hydrogen-bond donors (Lipinski definition) is 1. The number of halogens is 3. The molecule has 1 unspecified atom stereocenters. The minimum Gasteiger partial charge on any atom is -0.380 e. The van der Waals surface area contributed by atoms with E-state index in [0.29, 0.717) is 12.6 Å². The zero-order chi connectivity index (χ0) is 14.9. The number of rotatable bonds is 3. The molecule has 1 heterocycles. The van der Waals surface area contributed by atoms with Crippen LogP contribution in [0.25, 0.3) is 0 Å². The molecule has 1 atom stereocenters. The molecule has 1 aromatic carbocycles. The highest BCUT2D eigenvalue weighted by molar-refractivity contribution is 5.58. The molecule has 20 heavy (non-hydrogen) atoms. The van der Waals surface area contributed by atoms with Gasteiger partial charge in [-0.25, -0.2) is 0 Å². The van der Waals surface area contributed by atoms with Crippen molar-refractivity contribution in [2.24, 2.45) is 0 Å². The number of alkyl halides is 3. The lowest BCUT2D eigenvalue weighted by molar-refractivity contribution is -0.385. The molecule has 110 valence electrons. The average molecular weight is 289 g/mol. The molecule has 0 amide bonds. The summed E-state index contributed by atoms with van der Waals surface area (Å²) in [6.45, 7) is 1.46. The fourth-order valence-corrected chi connectivity index (χ4v) is 2.28. The van der Waals surface area contributed by atoms with Crippen LogP contribution in [0.2, 0.25) is 0 Å². The first-order chi connectivity index (χ1) is 9.27. The van der Waals surface area contributed by atoms with E-state index in [1.54, 1.807) is 0 Å². The van der Waals surface area contributed by atoms with Gasteiger partial charge in [-0.1, -0.05) is 0 Å². The van der Waals surface area contributed by atoms with E-state index in [-0.39, 0.29) is 11.7 Å². The molecule has 1 saturated heterocycles. The summed E-state index contributed by atoms with van der Waals surface area (Å²) in [5.74, 6) is 0. The molecule has 1 N–H and O–H groups in total. The highest BCUT2D eigenvalue weighted by atomic mass is 19.4. The number of nitrogens with zero attached hydrogens (tertiary/aromatic N) is 2. The van der Waals surface area contributed by atoms with Crippen molar-refractivity contribution in [2.45, 2.75) is 18.6 Å². The minimum absolute atomic E-state index is 0.0810. The maximum atomic E-state index is 13.0. The van der Waals surface area contributed by atoms with Gasteiger partial charge < -0.3 is 10.2 Å². The Balaban J connectivity index is 2.29. The molecule has 0 aliphatic carbocycles. The van der Waals surface area contributed by atoms with E-state index in [1.165, 1.54) is 0 Å². The van der Waals surface area contributed by atoms with Crippen molar-refractivity contribution in [3.05, 3.63) is 33.9 Å². The molecule has 0 saturated carbocycles. The zero-order valence-corrected chi connectivity index (χ0v) is 10.8. The second-order valence-electron chi connectivity index (χ2n) is 4.88. The maximum Gasteiger partial charge on any atom is 0.418 e. The van der Waals surface area contributed by atoms with Gasteiger partial charge in [-0.15, -0.1) is 0 Å². The third-order valence-corrected chi connectivity index (χ3v) is 3.27. The second-order valence-corrected chi connectivity index (χ2v) is 4.88.